The van der Waals surface area contributed by atoms with Gasteiger partial charge in [0.2, 0.25) is 0 Å². The Morgan fingerprint density at radius 1 is 1.40 bits per heavy atom. The van der Waals surface area contributed by atoms with Crippen LogP contribution in [-0.2, 0) is 11.2 Å². The number of nitrogen functional groups attached to an aromatic ring is 1. The van der Waals surface area contributed by atoms with Crippen LogP contribution in [0.4, 0.5) is 14.5 Å². The van der Waals surface area contributed by atoms with Crippen molar-refractivity contribution < 1.29 is 18.3 Å². The quantitative estimate of drug-likeness (QED) is 0.682. The van der Waals surface area contributed by atoms with Crippen molar-refractivity contribution in [2.75, 3.05) is 18.9 Å². The van der Waals surface area contributed by atoms with Crippen LogP contribution in [0.3, 0.4) is 0 Å². The van der Waals surface area contributed by atoms with E-state index in [0.717, 1.165) is 18.9 Å². The molecule has 0 spiro atoms. The van der Waals surface area contributed by atoms with Crippen LogP contribution in [0, 0.1) is 17.6 Å². The molecule has 5 heteroatoms. The van der Waals surface area contributed by atoms with Crippen LogP contribution < -0.4 is 5.73 Å². The Labute approximate surface area is 117 Å². The SMILES string of the molecule is CC(=O)c1c(N)cc(F)c(CCC2CCOCC2)c1F. The first-order chi connectivity index (χ1) is 9.50. The third-order valence-corrected chi connectivity index (χ3v) is 3.84. The van der Waals surface area contributed by atoms with Gasteiger partial charge < -0.3 is 10.5 Å². The second-order valence-corrected chi connectivity index (χ2v) is 5.27. The van der Waals surface area contributed by atoms with E-state index >= 15 is 0 Å². The second kappa shape index (κ2) is 6.31. The minimum atomic E-state index is -0.804. The van der Waals surface area contributed by atoms with Crippen molar-refractivity contribution in [3.8, 4) is 0 Å². The Hall–Kier alpha value is -1.49. The molecule has 0 amide bonds. The van der Waals surface area contributed by atoms with Crippen LogP contribution in [0.5, 0.6) is 0 Å². The molecule has 1 aromatic carbocycles. The number of carbonyl (C=O) groups excluding carboxylic acids is 1. The molecule has 0 aliphatic carbocycles. The lowest BCUT2D eigenvalue weighted by atomic mass is 9.91. The first-order valence-corrected chi connectivity index (χ1v) is 6.85. The number of nitrogens with two attached hydrogens (primary N) is 1. The van der Waals surface area contributed by atoms with Gasteiger partial charge in [0.1, 0.15) is 11.6 Å². The molecule has 3 nitrogen and oxygen atoms in total. The van der Waals surface area contributed by atoms with Gasteiger partial charge in [-0.05, 0) is 44.6 Å². The van der Waals surface area contributed by atoms with Gasteiger partial charge in [-0.3, -0.25) is 4.79 Å². The van der Waals surface area contributed by atoms with Crippen LogP contribution in [-0.4, -0.2) is 19.0 Å². The van der Waals surface area contributed by atoms with Crippen LogP contribution >= 0.6 is 0 Å². The van der Waals surface area contributed by atoms with Crippen molar-refractivity contribution in [1.82, 2.24) is 0 Å². The summed E-state index contributed by atoms with van der Waals surface area (Å²) in [5.74, 6) is -1.53. The fourth-order valence-electron chi connectivity index (χ4n) is 2.65. The lowest BCUT2D eigenvalue weighted by molar-refractivity contribution is 0.0639. The molecule has 20 heavy (non-hydrogen) atoms. The first kappa shape index (κ1) is 14.9. The molecule has 0 saturated carbocycles. The molecule has 0 bridgehead atoms. The molecule has 1 aliphatic rings. The van der Waals surface area contributed by atoms with E-state index in [4.69, 9.17) is 10.5 Å². The van der Waals surface area contributed by atoms with Crippen molar-refractivity contribution in [2.24, 2.45) is 5.92 Å². The maximum Gasteiger partial charge on any atom is 0.164 e. The van der Waals surface area contributed by atoms with E-state index in [-0.39, 0.29) is 23.2 Å². The average Bonchev–Trinajstić information content (AvgIpc) is 2.38. The highest BCUT2D eigenvalue weighted by molar-refractivity contribution is 5.99. The molecule has 1 heterocycles. The van der Waals surface area contributed by atoms with Crippen LogP contribution in [0.2, 0.25) is 0 Å². The molecule has 1 aromatic rings. The summed E-state index contributed by atoms with van der Waals surface area (Å²) in [6.07, 6.45) is 2.80. The van der Waals surface area contributed by atoms with Gasteiger partial charge in [-0.15, -0.1) is 0 Å². The van der Waals surface area contributed by atoms with E-state index in [1.165, 1.54) is 6.92 Å². The Bertz CT molecular complexity index is 511. The van der Waals surface area contributed by atoms with Gasteiger partial charge in [-0.25, -0.2) is 8.78 Å². The Balaban J connectivity index is 2.18. The van der Waals surface area contributed by atoms with Crippen molar-refractivity contribution in [2.45, 2.75) is 32.6 Å². The molecule has 1 fully saturated rings. The molecular formula is C15H19F2NO2. The number of hydrogen-bond donors (Lipinski definition) is 1. The van der Waals surface area contributed by atoms with Crippen molar-refractivity contribution in [3.05, 3.63) is 28.8 Å². The highest BCUT2D eigenvalue weighted by atomic mass is 19.1. The standard InChI is InChI=1S/C15H19F2NO2/c1-9(19)14-13(18)8-12(16)11(15(14)17)3-2-10-4-6-20-7-5-10/h8,10H,2-7,18H2,1H3. The van der Waals surface area contributed by atoms with E-state index in [2.05, 4.69) is 0 Å². The molecule has 0 radical (unpaired) electrons. The molecule has 1 saturated heterocycles. The molecule has 0 atom stereocenters. The van der Waals surface area contributed by atoms with Gasteiger partial charge in [-0.2, -0.15) is 0 Å². The number of hydrogen-bond acceptors (Lipinski definition) is 3. The number of ketones is 1. The zero-order valence-electron chi connectivity index (χ0n) is 11.5. The lowest BCUT2D eigenvalue weighted by Crippen LogP contribution is -2.17. The van der Waals surface area contributed by atoms with Crippen LogP contribution in [0.1, 0.15) is 42.1 Å². The summed E-state index contributed by atoms with van der Waals surface area (Å²) < 4.78 is 33.3. The van der Waals surface area contributed by atoms with E-state index in [0.29, 0.717) is 25.6 Å². The van der Waals surface area contributed by atoms with E-state index in [1.54, 1.807) is 0 Å². The number of halogens is 2. The number of Topliss-reactive ketones (excluding diaryl/α,β-unsaturated/α-hetero) is 1. The van der Waals surface area contributed by atoms with Crippen molar-refractivity contribution >= 4 is 11.5 Å². The minimum absolute atomic E-state index is 0.0316. The predicted molar refractivity (Wildman–Crippen MR) is 72.6 cm³/mol. The third kappa shape index (κ3) is 3.15. The number of anilines is 1. The number of benzene rings is 1. The number of ether oxygens (including phenoxy) is 1. The van der Waals surface area contributed by atoms with Gasteiger partial charge in [0.05, 0.1) is 5.56 Å². The normalized spacial score (nSPS) is 16.4. The summed E-state index contributed by atoms with van der Waals surface area (Å²) in [4.78, 5) is 11.4. The fourth-order valence-corrected chi connectivity index (χ4v) is 2.65. The van der Waals surface area contributed by atoms with Crippen LogP contribution in [0.15, 0.2) is 6.07 Å². The van der Waals surface area contributed by atoms with Crippen LogP contribution in [0.25, 0.3) is 0 Å². The first-order valence-electron chi connectivity index (χ1n) is 6.85. The number of carbonyl (C=O) groups is 1. The molecular weight excluding hydrogens is 264 g/mol. The van der Waals surface area contributed by atoms with Gasteiger partial charge in [0.25, 0.3) is 0 Å². The van der Waals surface area contributed by atoms with E-state index in [1.807, 2.05) is 0 Å². The summed E-state index contributed by atoms with van der Waals surface area (Å²) >= 11 is 0. The molecule has 2 N–H and O–H groups in total. The Kier molecular flexibility index (Phi) is 4.70. The summed E-state index contributed by atoms with van der Waals surface area (Å²) in [6, 6.07) is 1.04. The zero-order chi connectivity index (χ0) is 14.7. The maximum absolute atomic E-state index is 14.2. The van der Waals surface area contributed by atoms with Crippen molar-refractivity contribution in [3.63, 3.8) is 0 Å². The van der Waals surface area contributed by atoms with E-state index < -0.39 is 17.4 Å². The summed E-state index contributed by atoms with van der Waals surface area (Å²) in [5, 5.41) is 0. The largest absolute Gasteiger partial charge is 0.398 e. The monoisotopic (exact) mass is 283 g/mol. The van der Waals surface area contributed by atoms with Gasteiger partial charge in [0.15, 0.2) is 5.78 Å². The minimum Gasteiger partial charge on any atom is -0.398 e. The Morgan fingerprint density at radius 2 is 2.05 bits per heavy atom. The third-order valence-electron chi connectivity index (χ3n) is 3.84. The maximum atomic E-state index is 14.2. The zero-order valence-corrected chi connectivity index (χ0v) is 11.5. The highest BCUT2D eigenvalue weighted by Gasteiger charge is 2.21. The highest BCUT2D eigenvalue weighted by Crippen LogP contribution is 2.27. The molecule has 0 aromatic heterocycles. The molecule has 1 aliphatic heterocycles. The summed E-state index contributed by atoms with van der Waals surface area (Å²) in [7, 11) is 0. The smallest absolute Gasteiger partial charge is 0.164 e. The van der Waals surface area contributed by atoms with E-state index in [9.17, 15) is 13.6 Å². The Morgan fingerprint density at radius 3 is 2.65 bits per heavy atom. The van der Waals surface area contributed by atoms with Gasteiger partial charge in [-0.1, -0.05) is 0 Å². The molecule has 110 valence electrons. The predicted octanol–water partition coefficient (Wildman–Crippen LogP) is 3.11. The second-order valence-electron chi connectivity index (χ2n) is 5.27. The van der Waals surface area contributed by atoms with Gasteiger partial charge >= 0.3 is 0 Å². The van der Waals surface area contributed by atoms with Crippen molar-refractivity contribution in [1.29, 1.82) is 0 Å². The lowest BCUT2D eigenvalue weighted by Gasteiger charge is -2.22. The summed E-state index contributed by atoms with van der Waals surface area (Å²) in [5.41, 5.74) is 5.14. The molecule has 0 unspecified atom stereocenters. The average molecular weight is 283 g/mol. The topological polar surface area (TPSA) is 52.3 Å². The summed E-state index contributed by atoms with van der Waals surface area (Å²) in [6.45, 7) is 2.64. The fraction of sp³-hybridized carbons (Fsp3) is 0.533. The molecule has 2 rings (SSSR count). The number of rotatable bonds is 4. The van der Waals surface area contributed by atoms with Gasteiger partial charge in [0, 0.05) is 24.5 Å².